The van der Waals surface area contributed by atoms with Crippen LogP contribution in [-0.4, -0.2) is 50.2 Å². The highest BCUT2D eigenvalue weighted by Crippen LogP contribution is 2.37. The zero-order valence-electron chi connectivity index (χ0n) is 14.1. The quantitative estimate of drug-likeness (QED) is 0.904. The van der Waals surface area contributed by atoms with E-state index in [1.807, 2.05) is 17.2 Å². The Bertz CT molecular complexity index is 902. The Morgan fingerprint density at radius 3 is 2.92 bits per heavy atom. The molecular weight excluding hydrogens is 318 g/mol. The van der Waals surface area contributed by atoms with Crippen LogP contribution < -0.4 is 0 Å². The summed E-state index contributed by atoms with van der Waals surface area (Å²) >= 11 is 0. The summed E-state index contributed by atoms with van der Waals surface area (Å²) in [5.74, 6) is -0.0999. The highest BCUT2D eigenvalue weighted by atomic mass is 16.2. The van der Waals surface area contributed by atoms with Crippen molar-refractivity contribution in [3.8, 4) is 6.07 Å². The predicted octanol–water partition coefficient (Wildman–Crippen LogP) is 1.81. The first-order valence-corrected chi connectivity index (χ1v) is 8.45. The molecule has 1 saturated heterocycles. The van der Waals surface area contributed by atoms with Gasteiger partial charge in [0.25, 0.3) is 5.91 Å². The lowest BCUT2D eigenvalue weighted by molar-refractivity contribution is -0.132. The first-order valence-electron chi connectivity index (χ1n) is 8.45. The van der Waals surface area contributed by atoms with E-state index in [1.54, 1.807) is 17.2 Å². The van der Waals surface area contributed by atoms with Gasteiger partial charge in [0.15, 0.2) is 0 Å². The number of hydrogen-bond donors (Lipinski definition) is 1. The topological polar surface area (TPSA) is 93.1 Å². The number of hydrogen-bond acceptors (Lipinski definition) is 4. The molecular formula is C18H19N5O2. The number of nitriles is 1. The van der Waals surface area contributed by atoms with Crippen molar-refractivity contribution in [2.75, 3.05) is 13.1 Å². The number of likely N-dealkylation sites (tertiary alicyclic amines) is 1. The molecule has 2 aliphatic heterocycles. The van der Waals surface area contributed by atoms with Crippen LogP contribution in [-0.2, 0) is 11.3 Å². The SMILES string of the molecule is CC1(N2Cc3c[nH]c4nccc(c34)C2=O)CCN(C(=O)CC#N)CC1. The van der Waals surface area contributed by atoms with Crippen molar-refractivity contribution in [3.05, 3.63) is 29.6 Å². The van der Waals surface area contributed by atoms with E-state index >= 15 is 0 Å². The summed E-state index contributed by atoms with van der Waals surface area (Å²) in [6.07, 6.45) is 4.93. The van der Waals surface area contributed by atoms with Crippen molar-refractivity contribution < 1.29 is 9.59 Å². The summed E-state index contributed by atoms with van der Waals surface area (Å²) in [5, 5.41) is 9.62. The van der Waals surface area contributed by atoms with E-state index in [0.717, 1.165) is 16.6 Å². The fourth-order valence-electron chi connectivity index (χ4n) is 3.94. The van der Waals surface area contributed by atoms with Gasteiger partial charge in [-0.25, -0.2) is 4.98 Å². The summed E-state index contributed by atoms with van der Waals surface area (Å²) in [7, 11) is 0. The third-order valence-electron chi connectivity index (χ3n) is 5.53. The second-order valence-corrected chi connectivity index (χ2v) is 7.00. The molecule has 7 nitrogen and oxygen atoms in total. The smallest absolute Gasteiger partial charge is 0.255 e. The van der Waals surface area contributed by atoms with Gasteiger partial charge in [-0.05, 0) is 31.4 Å². The molecule has 0 unspecified atom stereocenters. The fraction of sp³-hybridized carbons (Fsp3) is 0.444. The van der Waals surface area contributed by atoms with Crippen molar-refractivity contribution >= 4 is 22.8 Å². The fourth-order valence-corrected chi connectivity index (χ4v) is 3.94. The first kappa shape index (κ1) is 15.6. The van der Waals surface area contributed by atoms with Gasteiger partial charge in [-0.1, -0.05) is 0 Å². The van der Waals surface area contributed by atoms with Crippen LogP contribution in [0.1, 0.15) is 42.1 Å². The van der Waals surface area contributed by atoms with Crippen LogP contribution in [0.3, 0.4) is 0 Å². The normalized spacial score (nSPS) is 19.1. The predicted molar refractivity (Wildman–Crippen MR) is 90.4 cm³/mol. The average molecular weight is 337 g/mol. The lowest BCUT2D eigenvalue weighted by Gasteiger charge is -2.47. The number of nitrogens with one attached hydrogen (secondary N) is 1. The number of H-pyrrole nitrogens is 1. The number of carbonyl (C=O) groups excluding carboxylic acids is 2. The third-order valence-corrected chi connectivity index (χ3v) is 5.53. The molecule has 1 fully saturated rings. The van der Waals surface area contributed by atoms with E-state index in [2.05, 4.69) is 16.9 Å². The molecule has 4 heterocycles. The zero-order chi connectivity index (χ0) is 17.6. The standard InChI is InChI=1S/C18H19N5O2/c1-18(4-8-22(9-5-18)14(24)2-6-19)23-11-12-10-21-16-15(12)13(17(23)25)3-7-20-16/h3,7,10H,2,4-5,8-9,11H2,1H3,(H,20,21). The van der Waals surface area contributed by atoms with Crippen molar-refractivity contribution in [2.24, 2.45) is 0 Å². The average Bonchev–Trinajstić information content (AvgIpc) is 3.03. The van der Waals surface area contributed by atoms with Crippen LogP contribution in [0, 0.1) is 11.3 Å². The molecule has 0 atom stereocenters. The minimum absolute atomic E-state index is 0.0267. The van der Waals surface area contributed by atoms with E-state index in [9.17, 15) is 9.59 Å². The molecule has 1 N–H and O–H groups in total. The Kier molecular flexibility index (Phi) is 3.49. The minimum Gasteiger partial charge on any atom is -0.346 e. The summed E-state index contributed by atoms with van der Waals surface area (Å²) in [6, 6.07) is 3.69. The number of pyridine rings is 1. The van der Waals surface area contributed by atoms with Gasteiger partial charge in [-0.2, -0.15) is 5.26 Å². The van der Waals surface area contributed by atoms with Crippen molar-refractivity contribution in [1.29, 1.82) is 5.26 Å². The number of piperidine rings is 1. The molecule has 128 valence electrons. The minimum atomic E-state index is -0.301. The maximum absolute atomic E-state index is 13.1. The molecule has 2 amide bonds. The molecule has 2 aliphatic rings. The first-order chi connectivity index (χ1) is 12.0. The van der Waals surface area contributed by atoms with Crippen LogP contribution >= 0.6 is 0 Å². The Morgan fingerprint density at radius 1 is 1.44 bits per heavy atom. The van der Waals surface area contributed by atoms with Gasteiger partial charge in [0, 0.05) is 43.0 Å². The van der Waals surface area contributed by atoms with Crippen LogP contribution in [0.5, 0.6) is 0 Å². The highest BCUT2D eigenvalue weighted by molar-refractivity contribution is 6.08. The molecule has 0 aliphatic carbocycles. The van der Waals surface area contributed by atoms with E-state index < -0.39 is 0 Å². The van der Waals surface area contributed by atoms with Crippen LogP contribution in [0.4, 0.5) is 0 Å². The van der Waals surface area contributed by atoms with E-state index in [1.165, 1.54) is 0 Å². The molecule has 7 heteroatoms. The number of nitrogens with zero attached hydrogens (tertiary/aromatic N) is 4. The maximum Gasteiger partial charge on any atom is 0.255 e. The van der Waals surface area contributed by atoms with Crippen LogP contribution in [0.25, 0.3) is 11.0 Å². The summed E-state index contributed by atoms with van der Waals surface area (Å²) in [6.45, 7) is 3.80. The molecule has 0 spiro atoms. The van der Waals surface area contributed by atoms with Gasteiger partial charge in [0.2, 0.25) is 5.91 Å². The van der Waals surface area contributed by atoms with Gasteiger partial charge in [0.05, 0.1) is 11.6 Å². The molecule has 0 aromatic carbocycles. The monoisotopic (exact) mass is 337 g/mol. The van der Waals surface area contributed by atoms with Crippen molar-refractivity contribution in [3.63, 3.8) is 0 Å². The van der Waals surface area contributed by atoms with Crippen molar-refractivity contribution in [1.82, 2.24) is 19.8 Å². The van der Waals surface area contributed by atoms with Gasteiger partial charge >= 0.3 is 0 Å². The summed E-state index contributed by atoms with van der Waals surface area (Å²) in [4.78, 5) is 36.1. The third kappa shape index (κ3) is 2.37. The van der Waals surface area contributed by atoms with E-state index in [4.69, 9.17) is 5.26 Å². The number of carbonyl (C=O) groups is 2. The van der Waals surface area contributed by atoms with E-state index in [0.29, 0.717) is 38.0 Å². The number of rotatable bonds is 2. The molecule has 2 aromatic heterocycles. The van der Waals surface area contributed by atoms with Gasteiger partial charge in [-0.15, -0.1) is 0 Å². The molecule has 0 bridgehead atoms. The number of aromatic nitrogens is 2. The second kappa shape index (κ2) is 5.59. The molecule has 4 rings (SSSR count). The molecule has 0 radical (unpaired) electrons. The van der Waals surface area contributed by atoms with E-state index in [-0.39, 0.29) is 23.8 Å². The number of aromatic amines is 1. The van der Waals surface area contributed by atoms with Crippen LogP contribution in [0.15, 0.2) is 18.5 Å². The molecule has 0 saturated carbocycles. The lowest BCUT2D eigenvalue weighted by Crippen LogP contribution is -2.56. The van der Waals surface area contributed by atoms with Gasteiger partial charge in [-0.3, -0.25) is 9.59 Å². The Balaban J connectivity index is 1.58. The van der Waals surface area contributed by atoms with Crippen molar-refractivity contribution in [2.45, 2.75) is 38.3 Å². The Labute approximate surface area is 145 Å². The Hall–Kier alpha value is -2.88. The van der Waals surface area contributed by atoms with Gasteiger partial charge in [0.1, 0.15) is 12.1 Å². The Morgan fingerprint density at radius 2 is 2.20 bits per heavy atom. The highest BCUT2D eigenvalue weighted by Gasteiger charge is 2.42. The van der Waals surface area contributed by atoms with Gasteiger partial charge < -0.3 is 14.8 Å². The second-order valence-electron chi connectivity index (χ2n) is 7.00. The lowest BCUT2D eigenvalue weighted by atomic mass is 9.85. The maximum atomic E-state index is 13.1. The molecule has 2 aromatic rings. The van der Waals surface area contributed by atoms with Crippen LogP contribution in [0.2, 0.25) is 0 Å². The zero-order valence-corrected chi connectivity index (χ0v) is 14.1. The summed E-state index contributed by atoms with van der Waals surface area (Å²) < 4.78 is 0. The molecule has 25 heavy (non-hydrogen) atoms. The summed E-state index contributed by atoms with van der Waals surface area (Å²) in [5.41, 5.74) is 2.23. The largest absolute Gasteiger partial charge is 0.346 e. The number of amides is 2.